The zero-order chi connectivity index (χ0) is 18.7. The topological polar surface area (TPSA) is 55.8 Å². The van der Waals surface area contributed by atoms with E-state index in [1.807, 2.05) is 48.5 Å². The average molecular weight is 418 g/mol. The van der Waals surface area contributed by atoms with Gasteiger partial charge in [0.05, 0.1) is 20.3 Å². The fourth-order valence-corrected chi connectivity index (χ4v) is 3.75. The Morgan fingerprint density at radius 2 is 1.65 bits per heavy atom. The minimum absolute atomic E-state index is 0.485. The molecule has 1 aliphatic rings. The van der Waals surface area contributed by atoms with Crippen LogP contribution in [0.3, 0.4) is 0 Å². The molecule has 1 atom stereocenters. The van der Waals surface area contributed by atoms with Gasteiger partial charge in [-0.25, -0.2) is 0 Å². The van der Waals surface area contributed by atoms with Gasteiger partial charge in [0.1, 0.15) is 0 Å². The van der Waals surface area contributed by atoms with E-state index in [2.05, 4.69) is 20.8 Å². The Kier molecular flexibility index (Phi) is 5.61. The molecular weight excluding hydrogens is 398 g/mol. The first kappa shape index (κ1) is 18.5. The molecule has 26 heavy (non-hydrogen) atoms. The molecule has 1 unspecified atom stereocenters. The first-order valence-corrected chi connectivity index (χ1v) is 9.11. The Bertz CT molecular complexity index is 790. The van der Waals surface area contributed by atoms with E-state index in [1.54, 1.807) is 0 Å². The van der Waals surface area contributed by atoms with E-state index < -0.39 is 23.9 Å². The van der Waals surface area contributed by atoms with E-state index in [4.69, 9.17) is 9.47 Å². The maximum absolute atomic E-state index is 12.5. The molecule has 0 aliphatic carbocycles. The molecule has 136 valence electrons. The molecular formula is C20H20BrNO4. The Hall–Kier alpha value is -2.34. The van der Waals surface area contributed by atoms with Crippen molar-refractivity contribution in [2.45, 2.75) is 12.5 Å². The van der Waals surface area contributed by atoms with Crippen LogP contribution in [0.2, 0.25) is 0 Å². The molecule has 0 aromatic heterocycles. The third-order valence-corrected chi connectivity index (χ3v) is 5.24. The second kappa shape index (κ2) is 7.91. The van der Waals surface area contributed by atoms with Crippen LogP contribution in [0.25, 0.3) is 0 Å². The van der Waals surface area contributed by atoms with Gasteiger partial charge in [-0.2, -0.15) is 0 Å². The van der Waals surface area contributed by atoms with Crippen LogP contribution in [0.15, 0.2) is 53.0 Å². The summed E-state index contributed by atoms with van der Waals surface area (Å²) in [6.07, 6.45) is 0.831. The molecule has 0 spiro atoms. The number of fused-ring (bicyclic) bond motifs is 1. The molecule has 0 N–H and O–H groups in total. The van der Waals surface area contributed by atoms with Gasteiger partial charge in [-0.3, -0.25) is 9.59 Å². The highest BCUT2D eigenvalue weighted by molar-refractivity contribution is 9.10. The molecule has 1 heterocycles. The van der Waals surface area contributed by atoms with Gasteiger partial charge in [0, 0.05) is 16.7 Å². The van der Waals surface area contributed by atoms with Crippen LogP contribution >= 0.6 is 15.9 Å². The van der Waals surface area contributed by atoms with E-state index in [-0.39, 0.29) is 0 Å². The minimum Gasteiger partial charge on any atom is -0.468 e. The SMILES string of the molecule is COC(=O)C(C(=O)OC)C1c2ccccc2CCN1c1ccc(Br)cc1. The van der Waals surface area contributed by atoms with Crippen LogP contribution in [0, 0.1) is 5.92 Å². The van der Waals surface area contributed by atoms with Crippen LogP contribution in [0.1, 0.15) is 17.2 Å². The molecule has 2 aromatic carbocycles. The molecule has 5 nitrogen and oxygen atoms in total. The molecule has 0 radical (unpaired) electrons. The molecule has 3 rings (SSSR count). The second-order valence-electron chi connectivity index (χ2n) is 6.09. The fourth-order valence-electron chi connectivity index (χ4n) is 3.49. The van der Waals surface area contributed by atoms with Gasteiger partial charge in [0.15, 0.2) is 5.92 Å². The quantitative estimate of drug-likeness (QED) is 0.562. The fraction of sp³-hybridized carbons (Fsp3) is 0.300. The number of rotatable bonds is 4. The second-order valence-corrected chi connectivity index (χ2v) is 7.00. The predicted octanol–water partition coefficient (Wildman–Crippen LogP) is 3.52. The largest absolute Gasteiger partial charge is 0.468 e. The molecule has 2 aromatic rings. The summed E-state index contributed by atoms with van der Waals surface area (Å²) < 4.78 is 10.8. The third-order valence-electron chi connectivity index (χ3n) is 4.72. The van der Waals surface area contributed by atoms with Gasteiger partial charge in [-0.15, -0.1) is 0 Å². The standard InChI is InChI=1S/C20H20BrNO4/c1-25-19(23)17(20(24)26-2)18-16-6-4-3-5-13(16)11-12-22(18)15-9-7-14(21)8-10-15/h3-10,17-18H,11-12H2,1-2H3. The molecule has 0 amide bonds. The number of carbonyl (C=O) groups is 2. The van der Waals surface area contributed by atoms with Crippen LogP contribution in [-0.2, 0) is 25.5 Å². The maximum atomic E-state index is 12.5. The number of ether oxygens (including phenoxy) is 2. The summed E-state index contributed by atoms with van der Waals surface area (Å²) in [7, 11) is 2.58. The highest BCUT2D eigenvalue weighted by Crippen LogP contribution is 2.39. The lowest BCUT2D eigenvalue weighted by Gasteiger charge is -2.41. The van der Waals surface area contributed by atoms with Crippen molar-refractivity contribution in [3.63, 3.8) is 0 Å². The number of carbonyl (C=O) groups excluding carboxylic acids is 2. The van der Waals surface area contributed by atoms with Gasteiger partial charge in [0.25, 0.3) is 0 Å². The lowest BCUT2D eigenvalue weighted by Crippen LogP contribution is -2.45. The molecule has 0 saturated carbocycles. The van der Waals surface area contributed by atoms with Crippen molar-refractivity contribution in [2.75, 3.05) is 25.7 Å². The number of nitrogens with zero attached hydrogens (tertiary/aromatic N) is 1. The Morgan fingerprint density at radius 3 is 2.27 bits per heavy atom. The Morgan fingerprint density at radius 1 is 1.04 bits per heavy atom. The molecule has 0 bridgehead atoms. The van der Waals surface area contributed by atoms with Crippen molar-refractivity contribution in [3.8, 4) is 0 Å². The first-order valence-electron chi connectivity index (χ1n) is 8.32. The van der Waals surface area contributed by atoms with Gasteiger partial charge >= 0.3 is 11.9 Å². The van der Waals surface area contributed by atoms with Crippen LogP contribution < -0.4 is 4.90 Å². The number of halogens is 1. The van der Waals surface area contributed by atoms with E-state index >= 15 is 0 Å². The summed E-state index contributed by atoms with van der Waals surface area (Å²) in [5, 5.41) is 0. The van der Waals surface area contributed by atoms with Crippen molar-refractivity contribution < 1.29 is 19.1 Å². The lowest BCUT2D eigenvalue weighted by atomic mass is 9.84. The first-order chi connectivity index (χ1) is 12.6. The Balaban J connectivity index is 2.13. The zero-order valence-corrected chi connectivity index (χ0v) is 16.2. The van der Waals surface area contributed by atoms with Crippen molar-refractivity contribution in [3.05, 3.63) is 64.1 Å². The van der Waals surface area contributed by atoms with Gasteiger partial charge in [-0.05, 0) is 41.8 Å². The van der Waals surface area contributed by atoms with E-state index in [1.165, 1.54) is 14.2 Å². The van der Waals surface area contributed by atoms with Crippen molar-refractivity contribution in [2.24, 2.45) is 5.92 Å². The third kappa shape index (κ3) is 3.46. The van der Waals surface area contributed by atoms with Crippen molar-refractivity contribution in [1.82, 2.24) is 0 Å². The molecule has 1 aliphatic heterocycles. The van der Waals surface area contributed by atoms with Gasteiger partial charge < -0.3 is 14.4 Å². The van der Waals surface area contributed by atoms with Crippen LogP contribution in [-0.4, -0.2) is 32.7 Å². The van der Waals surface area contributed by atoms with Crippen LogP contribution in [0.4, 0.5) is 5.69 Å². The van der Waals surface area contributed by atoms with E-state index in [9.17, 15) is 9.59 Å². The van der Waals surface area contributed by atoms with E-state index in [0.29, 0.717) is 6.54 Å². The highest BCUT2D eigenvalue weighted by Gasteiger charge is 2.43. The summed E-state index contributed by atoms with van der Waals surface area (Å²) in [5.74, 6) is -2.25. The summed E-state index contributed by atoms with van der Waals surface area (Å²) in [4.78, 5) is 27.1. The Labute approximate surface area is 161 Å². The number of benzene rings is 2. The predicted molar refractivity (Wildman–Crippen MR) is 102 cm³/mol. The van der Waals surface area contributed by atoms with Gasteiger partial charge in [0.2, 0.25) is 0 Å². The number of anilines is 1. The van der Waals surface area contributed by atoms with Crippen molar-refractivity contribution >= 4 is 33.6 Å². The number of methoxy groups -OCH3 is 2. The van der Waals surface area contributed by atoms with Crippen LogP contribution in [0.5, 0.6) is 0 Å². The molecule has 0 fully saturated rings. The van der Waals surface area contributed by atoms with Crippen molar-refractivity contribution in [1.29, 1.82) is 0 Å². The summed E-state index contributed by atoms with van der Waals surface area (Å²) in [5.41, 5.74) is 3.01. The minimum atomic E-state index is -1.06. The number of hydrogen-bond acceptors (Lipinski definition) is 5. The number of esters is 2. The zero-order valence-electron chi connectivity index (χ0n) is 14.6. The average Bonchev–Trinajstić information content (AvgIpc) is 2.68. The molecule has 0 saturated heterocycles. The summed E-state index contributed by atoms with van der Waals surface area (Å²) in [6.45, 7) is 0.688. The smallest absolute Gasteiger partial charge is 0.322 e. The summed E-state index contributed by atoms with van der Waals surface area (Å²) >= 11 is 3.44. The lowest BCUT2D eigenvalue weighted by molar-refractivity contribution is -0.160. The summed E-state index contributed by atoms with van der Waals surface area (Å²) in [6, 6.07) is 15.2. The van der Waals surface area contributed by atoms with Gasteiger partial charge in [-0.1, -0.05) is 40.2 Å². The normalized spacial score (nSPS) is 16.2. The number of hydrogen-bond donors (Lipinski definition) is 0. The molecule has 6 heteroatoms. The maximum Gasteiger partial charge on any atom is 0.322 e. The van der Waals surface area contributed by atoms with E-state index in [0.717, 1.165) is 27.7 Å². The highest BCUT2D eigenvalue weighted by atomic mass is 79.9. The monoisotopic (exact) mass is 417 g/mol.